The first kappa shape index (κ1) is 29.0. The van der Waals surface area contributed by atoms with Crippen LogP contribution < -0.4 is 14.4 Å². The van der Waals surface area contributed by atoms with Gasteiger partial charge in [-0.3, -0.25) is 4.79 Å². The Hall–Kier alpha value is -3.96. The van der Waals surface area contributed by atoms with Gasteiger partial charge < -0.3 is 19.1 Å². The number of aromatic nitrogens is 2. The van der Waals surface area contributed by atoms with Crippen molar-refractivity contribution in [2.45, 2.75) is 44.8 Å². The molecule has 0 spiro atoms. The van der Waals surface area contributed by atoms with Gasteiger partial charge in [0.25, 0.3) is 5.91 Å². The van der Waals surface area contributed by atoms with E-state index in [1.54, 1.807) is 6.07 Å². The molecule has 8 nitrogen and oxygen atoms in total. The van der Waals surface area contributed by atoms with Gasteiger partial charge in [-0.15, -0.1) is 22.9 Å². The summed E-state index contributed by atoms with van der Waals surface area (Å²) in [5, 5.41) is 13.2. The third-order valence-electron chi connectivity index (χ3n) is 6.01. The zero-order chi connectivity index (χ0) is 29.5. The first-order valence-electron chi connectivity index (χ1n) is 12.0. The monoisotopic (exact) mass is 580 g/mol. The number of ether oxygens (including phenoxy) is 3. The predicted octanol–water partition coefficient (Wildman–Crippen LogP) is 6.22. The average molecular weight is 581 g/mol. The number of hydrogen-bond donors (Lipinski definition) is 0. The van der Waals surface area contributed by atoms with Crippen LogP contribution in [0.25, 0.3) is 5.69 Å². The first-order valence-corrected chi connectivity index (χ1v) is 15.8. The van der Waals surface area contributed by atoms with E-state index in [4.69, 9.17) is 4.74 Å². The number of benzene rings is 2. The van der Waals surface area contributed by atoms with Gasteiger partial charge in [-0.05, 0) is 30.3 Å². The van der Waals surface area contributed by atoms with Gasteiger partial charge in [-0.2, -0.15) is 43.2 Å². The Morgan fingerprint density at radius 1 is 1.15 bits per heavy atom. The van der Waals surface area contributed by atoms with Crippen molar-refractivity contribution in [3.05, 3.63) is 65.0 Å². The lowest BCUT2D eigenvalue weighted by molar-refractivity contribution is -0.286. The van der Waals surface area contributed by atoms with Crippen molar-refractivity contribution >= 4 is 19.7 Å². The van der Waals surface area contributed by atoms with Crippen LogP contribution in [-0.4, -0.2) is 43.7 Å². The maximum Gasteiger partial charge on any atom is 0.586 e. The molecule has 0 aliphatic carbocycles. The number of halogens is 5. The summed E-state index contributed by atoms with van der Waals surface area (Å²) in [7, 11) is -0.0831. The number of carbonyl (C=O) groups is 1. The van der Waals surface area contributed by atoms with Crippen molar-refractivity contribution in [3.63, 3.8) is 0 Å². The molecule has 1 aliphatic heterocycles. The normalized spacial score (nSPS) is 14.2. The van der Waals surface area contributed by atoms with Gasteiger partial charge in [0.1, 0.15) is 11.6 Å². The fraction of sp³-hybridized carbons (Fsp3) is 0.346. The molecule has 2 heterocycles. The molecule has 0 radical (unpaired) electrons. The van der Waals surface area contributed by atoms with E-state index in [-0.39, 0.29) is 40.7 Å². The van der Waals surface area contributed by atoms with Crippen molar-refractivity contribution in [1.82, 2.24) is 9.78 Å². The summed E-state index contributed by atoms with van der Waals surface area (Å²) in [5.41, 5.74) is -1.75. The first-order chi connectivity index (χ1) is 18.6. The van der Waals surface area contributed by atoms with Crippen molar-refractivity contribution in [2.75, 3.05) is 18.6 Å². The lowest BCUT2D eigenvalue weighted by atomic mass is 10.1. The minimum Gasteiger partial charge on any atom is -0.395 e. The molecule has 0 bridgehead atoms. The van der Waals surface area contributed by atoms with Crippen molar-refractivity contribution in [1.29, 1.82) is 5.26 Å². The summed E-state index contributed by atoms with van der Waals surface area (Å²) >= 11 is 0. The Bertz CT molecular complexity index is 1480. The van der Waals surface area contributed by atoms with Gasteiger partial charge in [-0.1, -0.05) is 6.07 Å². The Morgan fingerprint density at radius 2 is 1.85 bits per heavy atom. The van der Waals surface area contributed by atoms with Crippen molar-refractivity contribution in [3.8, 4) is 23.3 Å². The quantitative estimate of drug-likeness (QED) is 0.179. The van der Waals surface area contributed by atoms with Crippen LogP contribution in [-0.2, 0) is 17.5 Å². The van der Waals surface area contributed by atoms with E-state index in [2.05, 4.69) is 34.2 Å². The van der Waals surface area contributed by atoms with Crippen LogP contribution in [0.15, 0.2) is 42.5 Å². The number of carbonyl (C=O) groups excluding carboxylic acids is 1. The third-order valence-corrected chi connectivity index (χ3v) is 7.72. The highest BCUT2D eigenvalue weighted by molar-refractivity contribution is 6.76. The molecule has 14 heteroatoms. The van der Waals surface area contributed by atoms with Crippen LogP contribution in [0.1, 0.15) is 27.3 Å². The number of amides is 1. The SMILES string of the molecule is CN(C(=O)c1cccc(-n2nc(C(F)(F)F)c(C#N)c2COCC[Si-](C)(C)C)c1)c1ccc2c(c1)OC(F)(F)O2. The van der Waals surface area contributed by atoms with Gasteiger partial charge in [0, 0.05) is 31.0 Å². The van der Waals surface area contributed by atoms with Crippen LogP contribution in [0.2, 0.25) is 25.7 Å². The number of nitriles is 1. The van der Waals surface area contributed by atoms with E-state index < -0.39 is 37.7 Å². The molecule has 0 saturated heterocycles. The molecular formula is C26H25F5N4O4Si-. The summed E-state index contributed by atoms with van der Waals surface area (Å²) in [6.45, 7) is 6.39. The van der Waals surface area contributed by atoms with Gasteiger partial charge >= 0.3 is 12.5 Å². The maximum absolute atomic E-state index is 13.7. The molecule has 1 aromatic heterocycles. The van der Waals surface area contributed by atoms with Crippen LogP contribution in [0.3, 0.4) is 0 Å². The Kier molecular flexibility index (Phi) is 7.65. The molecule has 0 saturated carbocycles. The number of fused-ring (bicyclic) bond motifs is 1. The Labute approximate surface area is 227 Å². The maximum atomic E-state index is 13.7. The van der Waals surface area contributed by atoms with Gasteiger partial charge in [0.15, 0.2) is 17.2 Å². The van der Waals surface area contributed by atoms with E-state index in [0.717, 1.165) is 15.6 Å². The highest BCUT2D eigenvalue weighted by Gasteiger charge is 2.43. The van der Waals surface area contributed by atoms with Crippen molar-refractivity contribution < 1.29 is 41.0 Å². The lowest BCUT2D eigenvalue weighted by Crippen LogP contribution is -2.26. The largest absolute Gasteiger partial charge is 0.586 e. The summed E-state index contributed by atoms with van der Waals surface area (Å²) in [4.78, 5) is 14.4. The molecule has 0 atom stereocenters. The molecule has 0 fully saturated rings. The van der Waals surface area contributed by atoms with Crippen LogP contribution in [0.5, 0.6) is 11.5 Å². The van der Waals surface area contributed by atoms with E-state index >= 15 is 0 Å². The summed E-state index contributed by atoms with van der Waals surface area (Å²) in [6.07, 6.45) is -8.72. The summed E-state index contributed by atoms with van der Waals surface area (Å²) < 4.78 is 83.4. The second-order valence-electron chi connectivity index (χ2n) is 10.3. The fourth-order valence-electron chi connectivity index (χ4n) is 3.89. The van der Waals surface area contributed by atoms with Gasteiger partial charge in [0.2, 0.25) is 0 Å². The zero-order valence-corrected chi connectivity index (χ0v) is 23.0. The number of hydrogen-bond acceptors (Lipinski definition) is 6. The predicted molar refractivity (Wildman–Crippen MR) is 136 cm³/mol. The molecule has 2 aromatic carbocycles. The summed E-state index contributed by atoms with van der Waals surface area (Å²) in [5.74, 6) is -1.04. The van der Waals surface area contributed by atoms with Crippen LogP contribution >= 0.6 is 0 Å². The molecular weight excluding hydrogens is 555 g/mol. The molecule has 0 unspecified atom stereocenters. The molecule has 1 aliphatic rings. The topological polar surface area (TPSA) is 89.6 Å². The highest BCUT2D eigenvalue weighted by atomic mass is 28.3. The van der Waals surface area contributed by atoms with E-state index in [9.17, 15) is 32.0 Å². The molecule has 3 aromatic rings. The minimum absolute atomic E-state index is 0.0659. The van der Waals surface area contributed by atoms with Gasteiger partial charge in [0.05, 0.1) is 18.0 Å². The Balaban J connectivity index is 1.65. The lowest BCUT2D eigenvalue weighted by Gasteiger charge is -2.26. The number of anilines is 1. The second kappa shape index (κ2) is 10.5. The minimum atomic E-state index is -4.90. The van der Waals surface area contributed by atoms with E-state index in [0.29, 0.717) is 6.61 Å². The van der Waals surface area contributed by atoms with Gasteiger partial charge in [-0.25, -0.2) is 4.68 Å². The Morgan fingerprint density at radius 3 is 2.50 bits per heavy atom. The molecule has 40 heavy (non-hydrogen) atoms. The van der Waals surface area contributed by atoms with E-state index in [1.807, 2.05) is 0 Å². The molecule has 1 amide bonds. The van der Waals surface area contributed by atoms with Crippen LogP contribution in [0, 0.1) is 11.3 Å². The van der Waals surface area contributed by atoms with Crippen LogP contribution in [0.4, 0.5) is 27.6 Å². The standard InChI is InChI=1S/C26H25F5N4O4Si/c1-34(17-8-9-21-22(13-17)39-26(30,31)38-21)24(36)16-6-5-7-18(12-16)35-20(15-37-10-11-40(2,3)4)19(14-32)23(33-35)25(27,28)29/h5-9,12-13H,10-11,15H2,1-4H3/q-1. The average Bonchev–Trinajstić information content (AvgIpc) is 3.40. The number of alkyl halides is 5. The number of nitrogens with zero attached hydrogens (tertiary/aromatic N) is 4. The molecule has 4 rings (SSSR count). The molecule has 213 valence electrons. The van der Waals surface area contributed by atoms with Crippen molar-refractivity contribution in [2.24, 2.45) is 0 Å². The zero-order valence-electron chi connectivity index (χ0n) is 22.0. The smallest absolute Gasteiger partial charge is 0.395 e. The molecule has 0 N–H and O–H groups in total. The second-order valence-corrected chi connectivity index (χ2v) is 15.9. The fourth-order valence-corrected chi connectivity index (χ4v) is 4.65. The number of rotatable bonds is 8. The van der Waals surface area contributed by atoms with E-state index in [1.165, 1.54) is 49.5 Å². The third kappa shape index (κ3) is 6.26. The highest BCUT2D eigenvalue weighted by Crippen LogP contribution is 2.43. The summed E-state index contributed by atoms with van der Waals surface area (Å²) in [6, 6.07) is 11.8.